The number of hydrogen-bond acceptors (Lipinski definition) is 3. The third kappa shape index (κ3) is 6.81. The molecule has 4 nitrogen and oxygen atoms in total. The predicted molar refractivity (Wildman–Crippen MR) is 102 cm³/mol. The van der Waals surface area contributed by atoms with Crippen LogP contribution in [-0.2, 0) is 0 Å². The minimum absolute atomic E-state index is 0.294. The predicted octanol–water partition coefficient (Wildman–Crippen LogP) is 4.06. The minimum atomic E-state index is -0.294. The second-order valence-electron chi connectivity index (χ2n) is 6.30. The van der Waals surface area contributed by atoms with E-state index in [1.54, 1.807) is 29.2 Å². The van der Waals surface area contributed by atoms with Gasteiger partial charge >= 0.3 is 6.09 Å². The number of halogens is 1. The first kappa shape index (κ1) is 19.4. The molecule has 0 saturated carbocycles. The van der Waals surface area contributed by atoms with E-state index in [1.165, 1.54) is 0 Å². The molecule has 1 fully saturated rings. The normalized spacial score (nSPS) is 14.8. The van der Waals surface area contributed by atoms with Gasteiger partial charge in [0.25, 0.3) is 0 Å². The van der Waals surface area contributed by atoms with Crippen molar-refractivity contribution in [3.63, 3.8) is 0 Å². The molecule has 0 N–H and O–H groups in total. The molecular weight excluding hydrogens is 336 g/mol. The quantitative estimate of drug-likeness (QED) is 0.586. The third-order valence-electron chi connectivity index (χ3n) is 4.20. The van der Waals surface area contributed by atoms with Crippen molar-refractivity contribution in [2.24, 2.45) is 5.92 Å². The van der Waals surface area contributed by atoms with Crippen molar-refractivity contribution in [1.82, 2.24) is 9.80 Å². The second-order valence-corrected chi connectivity index (χ2v) is 6.73. The van der Waals surface area contributed by atoms with Gasteiger partial charge in [-0.25, -0.2) is 4.79 Å². The SMILES string of the molecule is C=CCN(C)CC#CCC1CCN(C(=O)Oc2ccc(Cl)cc2)CC1. The number of likely N-dealkylation sites (tertiary alicyclic amines) is 1. The maximum Gasteiger partial charge on any atom is 0.415 e. The van der Waals surface area contributed by atoms with Gasteiger partial charge in [0.15, 0.2) is 0 Å². The molecule has 0 atom stereocenters. The van der Waals surface area contributed by atoms with E-state index in [0.717, 1.165) is 45.4 Å². The van der Waals surface area contributed by atoms with Crippen LogP contribution in [0.2, 0.25) is 5.02 Å². The van der Waals surface area contributed by atoms with Crippen LogP contribution >= 0.6 is 11.6 Å². The van der Waals surface area contributed by atoms with Crippen LogP contribution in [0.25, 0.3) is 0 Å². The Morgan fingerprint density at radius 3 is 2.68 bits per heavy atom. The maximum atomic E-state index is 12.2. The van der Waals surface area contributed by atoms with Crippen LogP contribution in [-0.4, -0.2) is 49.1 Å². The number of rotatable bonds is 5. The summed E-state index contributed by atoms with van der Waals surface area (Å²) < 4.78 is 5.38. The van der Waals surface area contributed by atoms with Gasteiger partial charge in [-0.05, 0) is 50.1 Å². The zero-order valence-electron chi connectivity index (χ0n) is 14.7. The van der Waals surface area contributed by atoms with Gasteiger partial charge in [-0.3, -0.25) is 4.90 Å². The van der Waals surface area contributed by atoms with E-state index < -0.39 is 0 Å². The summed E-state index contributed by atoms with van der Waals surface area (Å²) in [6.07, 6.45) is 4.40. The molecule has 0 spiro atoms. The number of amides is 1. The highest BCUT2D eigenvalue weighted by atomic mass is 35.5. The first-order valence-corrected chi connectivity index (χ1v) is 8.93. The summed E-state index contributed by atoms with van der Waals surface area (Å²) in [5.74, 6) is 7.53. The second kappa shape index (κ2) is 10.1. The zero-order valence-corrected chi connectivity index (χ0v) is 15.5. The fraction of sp³-hybridized carbons (Fsp3) is 0.450. The van der Waals surface area contributed by atoms with Crippen LogP contribution in [0.15, 0.2) is 36.9 Å². The molecule has 0 aromatic heterocycles. The van der Waals surface area contributed by atoms with Gasteiger partial charge in [0, 0.05) is 31.1 Å². The summed E-state index contributed by atoms with van der Waals surface area (Å²) in [6, 6.07) is 6.82. The van der Waals surface area contributed by atoms with Crippen molar-refractivity contribution < 1.29 is 9.53 Å². The van der Waals surface area contributed by atoms with Crippen LogP contribution in [0.4, 0.5) is 4.79 Å². The monoisotopic (exact) mass is 360 g/mol. The van der Waals surface area contributed by atoms with Crippen LogP contribution in [0.5, 0.6) is 5.75 Å². The molecule has 0 unspecified atom stereocenters. The van der Waals surface area contributed by atoms with Crippen LogP contribution < -0.4 is 4.74 Å². The Balaban J connectivity index is 1.70. The Labute approximate surface area is 155 Å². The van der Waals surface area contributed by atoms with Gasteiger partial charge in [-0.2, -0.15) is 0 Å². The molecule has 1 aromatic carbocycles. The molecule has 134 valence electrons. The molecule has 0 radical (unpaired) electrons. The van der Waals surface area contributed by atoms with E-state index in [1.807, 2.05) is 13.1 Å². The highest BCUT2D eigenvalue weighted by molar-refractivity contribution is 6.30. The highest BCUT2D eigenvalue weighted by Crippen LogP contribution is 2.22. The highest BCUT2D eigenvalue weighted by Gasteiger charge is 2.23. The fourth-order valence-corrected chi connectivity index (χ4v) is 2.81. The molecule has 25 heavy (non-hydrogen) atoms. The van der Waals surface area contributed by atoms with E-state index in [2.05, 4.69) is 23.3 Å². The Kier molecular flexibility index (Phi) is 7.84. The lowest BCUT2D eigenvalue weighted by molar-refractivity contribution is 0.131. The average Bonchev–Trinajstić information content (AvgIpc) is 2.61. The number of hydrogen-bond donors (Lipinski definition) is 0. The number of piperidine rings is 1. The average molecular weight is 361 g/mol. The number of carbonyl (C=O) groups is 1. The molecule has 1 aliphatic rings. The van der Waals surface area contributed by atoms with E-state index in [9.17, 15) is 4.79 Å². The van der Waals surface area contributed by atoms with Crippen LogP contribution in [0.3, 0.4) is 0 Å². The topological polar surface area (TPSA) is 32.8 Å². The summed E-state index contributed by atoms with van der Waals surface area (Å²) >= 11 is 5.83. The molecule has 1 amide bonds. The largest absolute Gasteiger partial charge is 0.415 e. The Bertz CT molecular complexity index is 625. The summed E-state index contributed by atoms with van der Waals surface area (Å²) in [5, 5.41) is 0.623. The third-order valence-corrected chi connectivity index (χ3v) is 4.45. The summed E-state index contributed by atoms with van der Waals surface area (Å²) in [6.45, 7) is 6.76. The van der Waals surface area contributed by atoms with Crippen molar-refractivity contribution >= 4 is 17.7 Å². The molecular formula is C20H25ClN2O2. The van der Waals surface area contributed by atoms with E-state index in [-0.39, 0.29) is 6.09 Å². The minimum Gasteiger partial charge on any atom is -0.410 e. The molecule has 1 aliphatic heterocycles. The van der Waals surface area contributed by atoms with Crippen molar-refractivity contribution in [3.8, 4) is 17.6 Å². The van der Waals surface area contributed by atoms with Crippen molar-refractivity contribution in [1.29, 1.82) is 0 Å². The lowest BCUT2D eigenvalue weighted by Crippen LogP contribution is -2.40. The molecule has 0 bridgehead atoms. The van der Waals surface area contributed by atoms with Gasteiger partial charge in [-0.15, -0.1) is 12.5 Å². The Morgan fingerprint density at radius 2 is 2.04 bits per heavy atom. The van der Waals surface area contributed by atoms with Gasteiger partial charge in [0.05, 0.1) is 6.54 Å². The van der Waals surface area contributed by atoms with E-state index >= 15 is 0 Å². The summed E-state index contributed by atoms with van der Waals surface area (Å²) in [4.78, 5) is 16.1. The molecule has 1 aromatic rings. The standard InChI is InChI=1S/C20H25ClN2O2/c1-3-13-22(2)14-5-4-6-17-11-15-23(16-12-17)20(24)25-19-9-7-18(21)8-10-19/h3,7-10,17H,1,6,11-16H2,2H3. The van der Waals surface area contributed by atoms with Crippen LogP contribution in [0, 0.1) is 17.8 Å². The number of likely N-dealkylation sites (N-methyl/N-ethyl adjacent to an activating group) is 1. The zero-order chi connectivity index (χ0) is 18.1. The fourth-order valence-electron chi connectivity index (χ4n) is 2.68. The molecule has 2 rings (SSSR count). The first-order valence-electron chi connectivity index (χ1n) is 8.56. The van der Waals surface area contributed by atoms with E-state index in [4.69, 9.17) is 16.3 Å². The van der Waals surface area contributed by atoms with E-state index in [0.29, 0.717) is 16.7 Å². The van der Waals surface area contributed by atoms with Gasteiger partial charge in [0.2, 0.25) is 0 Å². The Hall–Kier alpha value is -1.96. The van der Waals surface area contributed by atoms with Gasteiger partial charge in [0.1, 0.15) is 5.75 Å². The van der Waals surface area contributed by atoms with Crippen LogP contribution in [0.1, 0.15) is 19.3 Å². The Morgan fingerprint density at radius 1 is 1.36 bits per heavy atom. The number of carbonyl (C=O) groups excluding carboxylic acids is 1. The number of ether oxygens (including phenoxy) is 1. The maximum absolute atomic E-state index is 12.2. The number of nitrogens with zero attached hydrogens (tertiary/aromatic N) is 2. The lowest BCUT2D eigenvalue weighted by atomic mass is 9.94. The van der Waals surface area contributed by atoms with Crippen molar-refractivity contribution in [2.45, 2.75) is 19.3 Å². The smallest absolute Gasteiger partial charge is 0.410 e. The summed E-state index contributed by atoms with van der Waals surface area (Å²) in [7, 11) is 2.03. The molecule has 0 aliphatic carbocycles. The van der Waals surface area contributed by atoms with Gasteiger partial charge in [-0.1, -0.05) is 23.6 Å². The lowest BCUT2D eigenvalue weighted by Gasteiger charge is -2.30. The van der Waals surface area contributed by atoms with Crippen molar-refractivity contribution in [3.05, 3.63) is 41.9 Å². The molecule has 5 heteroatoms. The first-order chi connectivity index (χ1) is 12.1. The number of benzene rings is 1. The molecule has 1 saturated heterocycles. The summed E-state index contributed by atoms with van der Waals surface area (Å²) in [5.41, 5.74) is 0. The molecule has 1 heterocycles. The van der Waals surface area contributed by atoms with Gasteiger partial charge < -0.3 is 9.64 Å². The van der Waals surface area contributed by atoms with Crippen molar-refractivity contribution in [2.75, 3.05) is 33.2 Å².